The SMILES string of the molecule is CCC(C)C(NC(=O)Cn1cnc2cc(OC)c(OC)cc2c1=O)C(=O)NCc1ccncc1. The van der Waals surface area contributed by atoms with Gasteiger partial charge in [-0.3, -0.25) is 23.9 Å². The number of ether oxygens (including phenoxy) is 2. The minimum Gasteiger partial charge on any atom is -0.493 e. The van der Waals surface area contributed by atoms with E-state index in [0.717, 1.165) is 5.56 Å². The third-order valence-corrected chi connectivity index (χ3v) is 5.67. The first-order chi connectivity index (χ1) is 16.4. The molecule has 1 aromatic carbocycles. The van der Waals surface area contributed by atoms with Crippen molar-refractivity contribution in [1.82, 2.24) is 25.2 Å². The molecule has 0 saturated heterocycles. The summed E-state index contributed by atoms with van der Waals surface area (Å²) >= 11 is 0. The molecule has 2 heterocycles. The Morgan fingerprint density at radius 1 is 1.12 bits per heavy atom. The molecule has 2 unspecified atom stereocenters. The number of nitrogens with zero attached hydrogens (tertiary/aromatic N) is 3. The van der Waals surface area contributed by atoms with Crippen LogP contribution in [0.4, 0.5) is 0 Å². The number of nitrogens with one attached hydrogen (secondary N) is 2. The lowest BCUT2D eigenvalue weighted by Gasteiger charge is -2.23. The molecule has 0 bridgehead atoms. The Bertz CT molecular complexity index is 1210. The molecule has 10 nitrogen and oxygen atoms in total. The zero-order valence-corrected chi connectivity index (χ0v) is 19.7. The highest BCUT2D eigenvalue weighted by Crippen LogP contribution is 2.29. The van der Waals surface area contributed by atoms with Crippen molar-refractivity contribution in [3.05, 3.63) is 58.9 Å². The fourth-order valence-electron chi connectivity index (χ4n) is 3.47. The highest BCUT2D eigenvalue weighted by atomic mass is 16.5. The fourth-order valence-corrected chi connectivity index (χ4v) is 3.47. The molecule has 0 radical (unpaired) electrons. The summed E-state index contributed by atoms with van der Waals surface area (Å²) in [4.78, 5) is 46.8. The lowest BCUT2D eigenvalue weighted by Crippen LogP contribution is -2.51. The number of carbonyl (C=O) groups is 2. The van der Waals surface area contributed by atoms with E-state index < -0.39 is 17.5 Å². The quantitative estimate of drug-likeness (QED) is 0.465. The van der Waals surface area contributed by atoms with Crippen molar-refractivity contribution in [1.29, 1.82) is 0 Å². The maximum absolute atomic E-state index is 13.0. The first-order valence-corrected chi connectivity index (χ1v) is 10.9. The average Bonchev–Trinajstić information content (AvgIpc) is 2.87. The van der Waals surface area contributed by atoms with Crippen LogP contribution in [0.5, 0.6) is 11.5 Å². The largest absolute Gasteiger partial charge is 0.493 e. The van der Waals surface area contributed by atoms with Gasteiger partial charge in [-0.1, -0.05) is 20.3 Å². The van der Waals surface area contributed by atoms with E-state index in [9.17, 15) is 14.4 Å². The Hall–Kier alpha value is -3.95. The molecule has 0 spiro atoms. The van der Waals surface area contributed by atoms with Gasteiger partial charge in [0.2, 0.25) is 11.8 Å². The predicted molar refractivity (Wildman–Crippen MR) is 127 cm³/mol. The third-order valence-electron chi connectivity index (χ3n) is 5.67. The first kappa shape index (κ1) is 24.7. The van der Waals surface area contributed by atoms with Crippen LogP contribution in [0.2, 0.25) is 0 Å². The lowest BCUT2D eigenvalue weighted by molar-refractivity contribution is -0.130. The van der Waals surface area contributed by atoms with Crippen LogP contribution >= 0.6 is 0 Å². The van der Waals surface area contributed by atoms with Gasteiger partial charge < -0.3 is 20.1 Å². The highest BCUT2D eigenvalue weighted by molar-refractivity contribution is 5.88. The number of hydrogen-bond acceptors (Lipinski definition) is 7. The predicted octanol–water partition coefficient (Wildman–Crippen LogP) is 1.66. The van der Waals surface area contributed by atoms with E-state index in [2.05, 4.69) is 20.6 Å². The second-order valence-corrected chi connectivity index (χ2v) is 7.91. The van der Waals surface area contributed by atoms with Crippen molar-refractivity contribution in [3.63, 3.8) is 0 Å². The minimum absolute atomic E-state index is 0.107. The smallest absolute Gasteiger partial charge is 0.261 e. The fraction of sp³-hybridized carbons (Fsp3) is 0.375. The summed E-state index contributed by atoms with van der Waals surface area (Å²) < 4.78 is 11.7. The summed E-state index contributed by atoms with van der Waals surface area (Å²) in [5.74, 6) is -0.0247. The van der Waals surface area contributed by atoms with E-state index in [1.54, 1.807) is 30.6 Å². The zero-order valence-electron chi connectivity index (χ0n) is 19.7. The van der Waals surface area contributed by atoms with Crippen molar-refractivity contribution in [2.75, 3.05) is 14.2 Å². The molecule has 0 saturated carbocycles. The van der Waals surface area contributed by atoms with Crippen molar-refractivity contribution >= 4 is 22.7 Å². The number of hydrogen-bond donors (Lipinski definition) is 2. The molecule has 2 N–H and O–H groups in total. The molecule has 34 heavy (non-hydrogen) atoms. The number of pyridine rings is 1. The topological polar surface area (TPSA) is 124 Å². The van der Waals surface area contributed by atoms with Crippen LogP contribution in [-0.4, -0.2) is 46.6 Å². The molecule has 2 aromatic heterocycles. The summed E-state index contributed by atoms with van der Waals surface area (Å²) in [5.41, 5.74) is 0.925. The standard InChI is InChI=1S/C24H29N5O5/c1-5-15(2)22(23(31)26-12-16-6-8-25-9-7-16)28-21(30)13-29-14-27-18-11-20(34-4)19(33-3)10-17(18)24(29)32/h6-11,14-15,22H,5,12-13H2,1-4H3,(H,26,31)(H,28,30). The molecule has 0 aliphatic heterocycles. The number of carbonyl (C=O) groups excluding carboxylic acids is 2. The van der Waals surface area contributed by atoms with Crippen molar-refractivity contribution < 1.29 is 19.1 Å². The summed E-state index contributed by atoms with van der Waals surface area (Å²) in [7, 11) is 2.97. The molecule has 2 amide bonds. The van der Waals surface area contributed by atoms with Gasteiger partial charge in [0, 0.05) is 25.0 Å². The van der Waals surface area contributed by atoms with Crippen LogP contribution in [0, 0.1) is 5.92 Å². The Morgan fingerprint density at radius 2 is 1.79 bits per heavy atom. The Labute approximate surface area is 197 Å². The molecular weight excluding hydrogens is 438 g/mol. The van der Waals surface area contributed by atoms with Crippen LogP contribution in [0.3, 0.4) is 0 Å². The van der Waals surface area contributed by atoms with Crippen molar-refractivity contribution in [2.45, 2.75) is 39.4 Å². The number of rotatable bonds is 10. The monoisotopic (exact) mass is 467 g/mol. The number of aromatic nitrogens is 3. The summed E-state index contributed by atoms with van der Waals surface area (Å²) in [6, 6.07) is 6.01. The van der Waals surface area contributed by atoms with Gasteiger partial charge in [-0.05, 0) is 29.7 Å². The lowest BCUT2D eigenvalue weighted by atomic mass is 9.98. The Balaban J connectivity index is 1.75. The Kier molecular flexibility index (Phi) is 8.18. The molecule has 0 aliphatic carbocycles. The summed E-state index contributed by atoms with van der Waals surface area (Å²) in [6.07, 6.45) is 5.29. The van der Waals surface area contributed by atoms with E-state index >= 15 is 0 Å². The molecule has 10 heteroatoms. The molecule has 3 aromatic rings. The maximum atomic E-state index is 13.0. The van der Waals surface area contributed by atoms with Crippen LogP contribution in [-0.2, 0) is 22.7 Å². The normalized spacial score (nSPS) is 12.6. The number of amides is 2. The van der Waals surface area contributed by atoms with Gasteiger partial charge in [0.05, 0.1) is 31.4 Å². The third kappa shape index (κ3) is 5.69. The van der Waals surface area contributed by atoms with E-state index in [1.807, 2.05) is 13.8 Å². The number of methoxy groups -OCH3 is 2. The Morgan fingerprint density at radius 3 is 2.44 bits per heavy atom. The molecule has 0 fully saturated rings. The van der Waals surface area contributed by atoms with Gasteiger partial charge in [-0.2, -0.15) is 0 Å². The number of benzene rings is 1. The van der Waals surface area contributed by atoms with Crippen molar-refractivity contribution in [2.24, 2.45) is 5.92 Å². The van der Waals surface area contributed by atoms with Crippen LogP contribution in [0.25, 0.3) is 10.9 Å². The van der Waals surface area contributed by atoms with Gasteiger partial charge in [-0.15, -0.1) is 0 Å². The molecule has 180 valence electrons. The maximum Gasteiger partial charge on any atom is 0.261 e. The van der Waals surface area contributed by atoms with Crippen molar-refractivity contribution in [3.8, 4) is 11.5 Å². The highest BCUT2D eigenvalue weighted by Gasteiger charge is 2.26. The molecule has 3 rings (SSSR count). The van der Waals surface area contributed by atoms with E-state index in [0.29, 0.717) is 35.4 Å². The van der Waals surface area contributed by atoms with Crippen LogP contribution in [0.15, 0.2) is 47.8 Å². The van der Waals surface area contributed by atoms with Gasteiger partial charge in [0.1, 0.15) is 12.6 Å². The molecular formula is C24H29N5O5. The van der Waals surface area contributed by atoms with Gasteiger partial charge in [-0.25, -0.2) is 4.98 Å². The van der Waals surface area contributed by atoms with Crippen LogP contribution < -0.4 is 25.7 Å². The second-order valence-electron chi connectivity index (χ2n) is 7.91. The van der Waals surface area contributed by atoms with Gasteiger partial charge in [0.25, 0.3) is 5.56 Å². The van der Waals surface area contributed by atoms with E-state index in [1.165, 1.54) is 31.2 Å². The second kappa shape index (κ2) is 11.3. The number of fused-ring (bicyclic) bond motifs is 1. The average molecular weight is 468 g/mol. The van der Waals surface area contributed by atoms with Gasteiger partial charge >= 0.3 is 0 Å². The first-order valence-electron chi connectivity index (χ1n) is 10.9. The minimum atomic E-state index is -0.743. The van der Waals surface area contributed by atoms with Gasteiger partial charge in [0.15, 0.2) is 11.5 Å². The molecule has 2 atom stereocenters. The summed E-state index contributed by atoms with van der Waals surface area (Å²) in [6.45, 7) is 3.88. The zero-order chi connectivity index (χ0) is 24.7. The molecule has 0 aliphatic rings. The summed E-state index contributed by atoms with van der Waals surface area (Å²) in [5, 5.41) is 5.92. The van der Waals surface area contributed by atoms with Crippen LogP contribution in [0.1, 0.15) is 25.8 Å². The van der Waals surface area contributed by atoms with E-state index in [-0.39, 0.29) is 18.4 Å². The van der Waals surface area contributed by atoms with E-state index in [4.69, 9.17) is 9.47 Å².